The molecule has 0 aromatic carbocycles. The summed E-state index contributed by atoms with van der Waals surface area (Å²) in [5.74, 6) is 1.78. The molecule has 0 unspecified atom stereocenters. The number of aromatic nitrogens is 3. The van der Waals surface area contributed by atoms with Crippen LogP contribution in [0.15, 0.2) is 24.7 Å². The average molecular weight is 289 g/mol. The van der Waals surface area contributed by atoms with Crippen molar-refractivity contribution in [2.24, 2.45) is 0 Å². The van der Waals surface area contributed by atoms with Gasteiger partial charge in [-0.1, -0.05) is 0 Å². The minimum atomic E-state index is -0.557. The predicted octanol–water partition coefficient (Wildman–Crippen LogP) is 1.38. The number of carbonyl (C=O) groups is 1. The van der Waals surface area contributed by atoms with Gasteiger partial charge in [-0.15, -0.1) is 0 Å². The molecule has 8 heteroatoms. The molecule has 8 nitrogen and oxygen atoms in total. The summed E-state index contributed by atoms with van der Waals surface area (Å²) < 4.78 is 10.1. The van der Waals surface area contributed by atoms with E-state index in [1.54, 1.807) is 18.5 Å². The Labute approximate surface area is 121 Å². The van der Waals surface area contributed by atoms with Gasteiger partial charge in [0, 0.05) is 6.20 Å². The van der Waals surface area contributed by atoms with Gasteiger partial charge in [0.25, 0.3) is 0 Å². The summed E-state index contributed by atoms with van der Waals surface area (Å²) in [6.07, 6.45) is 2.92. The third-order valence-corrected chi connectivity index (χ3v) is 3.08. The standard InChI is InChI=1S/C13H15N5O3/c1-20-13(19)17-11-3-2-10-12(16-11)18(4-5-21-10)7-9-6-14-8-15-9/h2-3,6,8H,4-5,7H2,1H3,(H,14,15)(H,16,17,19). The second-order valence-electron chi connectivity index (χ2n) is 4.47. The van der Waals surface area contributed by atoms with Gasteiger partial charge in [-0.05, 0) is 12.1 Å². The lowest BCUT2D eigenvalue weighted by Crippen LogP contribution is -2.33. The van der Waals surface area contributed by atoms with Crippen molar-refractivity contribution in [3.8, 4) is 5.75 Å². The number of hydrogen-bond donors (Lipinski definition) is 2. The van der Waals surface area contributed by atoms with Crippen LogP contribution >= 0.6 is 0 Å². The summed E-state index contributed by atoms with van der Waals surface area (Å²) in [4.78, 5) is 24.9. The lowest BCUT2D eigenvalue weighted by Gasteiger charge is -2.29. The number of amides is 1. The van der Waals surface area contributed by atoms with Crippen LogP contribution in [0.3, 0.4) is 0 Å². The van der Waals surface area contributed by atoms with E-state index in [-0.39, 0.29) is 0 Å². The van der Waals surface area contributed by atoms with Crippen LogP contribution in [0.1, 0.15) is 5.69 Å². The first-order valence-electron chi connectivity index (χ1n) is 6.47. The highest BCUT2D eigenvalue weighted by Gasteiger charge is 2.21. The molecule has 0 radical (unpaired) electrons. The average Bonchev–Trinajstić information content (AvgIpc) is 3.01. The van der Waals surface area contributed by atoms with Crippen LogP contribution in [0.2, 0.25) is 0 Å². The molecular formula is C13H15N5O3. The Kier molecular flexibility index (Phi) is 3.59. The molecule has 0 bridgehead atoms. The van der Waals surface area contributed by atoms with Crippen molar-refractivity contribution in [3.63, 3.8) is 0 Å². The van der Waals surface area contributed by atoms with Gasteiger partial charge < -0.3 is 19.4 Å². The highest BCUT2D eigenvalue weighted by atomic mass is 16.5. The Morgan fingerprint density at radius 3 is 3.24 bits per heavy atom. The fourth-order valence-corrected chi connectivity index (χ4v) is 2.10. The number of fused-ring (bicyclic) bond motifs is 1. The van der Waals surface area contributed by atoms with Crippen LogP contribution in [0.5, 0.6) is 5.75 Å². The fraction of sp³-hybridized carbons (Fsp3) is 0.308. The number of ether oxygens (including phenoxy) is 2. The Morgan fingerprint density at radius 1 is 1.57 bits per heavy atom. The Bertz CT molecular complexity index is 629. The molecule has 0 saturated carbocycles. The molecule has 2 aromatic rings. The van der Waals surface area contributed by atoms with Gasteiger partial charge in [0.15, 0.2) is 11.6 Å². The van der Waals surface area contributed by atoms with Crippen molar-refractivity contribution in [1.29, 1.82) is 0 Å². The number of aromatic amines is 1. The molecular weight excluding hydrogens is 274 g/mol. The summed E-state index contributed by atoms with van der Waals surface area (Å²) in [6, 6.07) is 3.46. The van der Waals surface area contributed by atoms with Crippen LogP contribution in [0.4, 0.5) is 16.4 Å². The van der Waals surface area contributed by atoms with Gasteiger partial charge in [-0.25, -0.2) is 14.8 Å². The van der Waals surface area contributed by atoms with E-state index in [9.17, 15) is 4.79 Å². The van der Waals surface area contributed by atoms with Gasteiger partial charge in [-0.3, -0.25) is 5.32 Å². The van der Waals surface area contributed by atoms with Crippen LogP contribution in [0.25, 0.3) is 0 Å². The van der Waals surface area contributed by atoms with Crippen LogP contribution in [-0.2, 0) is 11.3 Å². The topological polar surface area (TPSA) is 92.4 Å². The number of nitrogens with one attached hydrogen (secondary N) is 2. The second-order valence-corrected chi connectivity index (χ2v) is 4.47. The highest BCUT2D eigenvalue weighted by Crippen LogP contribution is 2.31. The third-order valence-electron chi connectivity index (χ3n) is 3.08. The highest BCUT2D eigenvalue weighted by molar-refractivity contribution is 5.83. The van der Waals surface area contributed by atoms with E-state index in [2.05, 4.69) is 29.9 Å². The number of anilines is 2. The number of rotatable bonds is 3. The summed E-state index contributed by atoms with van der Waals surface area (Å²) in [5.41, 5.74) is 0.913. The van der Waals surface area contributed by atoms with E-state index in [1.165, 1.54) is 7.11 Å². The van der Waals surface area contributed by atoms with Gasteiger partial charge >= 0.3 is 6.09 Å². The van der Waals surface area contributed by atoms with Crippen LogP contribution in [-0.4, -0.2) is 41.3 Å². The van der Waals surface area contributed by atoms with E-state index in [4.69, 9.17) is 4.74 Å². The molecule has 3 rings (SSSR count). The fourth-order valence-electron chi connectivity index (χ4n) is 2.10. The number of carbonyl (C=O) groups excluding carboxylic acids is 1. The van der Waals surface area contributed by atoms with Crippen molar-refractivity contribution in [2.75, 3.05) is 30.5 Å². The molecule has 0 aliphatic carbocycles. The summed E-state index contributed by atoms with van der Waals surface area (Å²) in [7, 11) is 1.31. The first-order chi connectivity index (χ1) is 10.3. The molecule has 0 spiro atoms. The number of methoxy groups -OCH3 is 1. The van der Waals surface area contributed by atoms with Crippen molar-refractivity contribution in [3.05, 3.63) is 30.4 Å². The predicted molar refractivity (Wildman–Crippen MR) is 75.4 cm³/mol. The Balaban J connectivity index is 1.84. The molecule has 1 aliphatic heterocycles. The quantitative estimate of drug-likeness (QED) is 0.887. The zero-order valence-electron chi connectivity index (χ0n) is 11.5. The molecule has 1 aliphatic rings. The van der Waals surface area contributed by atoms with Gasteiger partial charge in [0.2, 0.25) is 0 Å². The first-order valence-corrected chi connectivity index (χ1v) is 6.47. The number of H-pyrrole nitrogens is 1. The van der Waals surface area contributed by atoms with Crippen LogP contribution in [0, 0.1) is 0 Å². The van der Waals surface area contributed by atoms with Crippen molar-refractivity contribution in [2.45, 2.75) is 6.54 Å². The minimum Gasteiger partial charge on any atom is -0.488 e. The molecule has 21 heavy (non-hydrogen) atoms. The van der Waals surface area contributed by atoms with E-state index in [0.717, 1.165) is 5.69 Å². The number of imidazole rings is 1. The molecule has 0 saturated heterocycles. The second kappa shape index (κ2) is 5.70. The van der Waals surface area contributed by atoms with Crippen molar-refractivity contribution in [1.82, 2.24) is 15.0 Å². The summed E-state index contributed by atoms with van der Waals surface area (Å²) in [6.45, 7) is 1.91. The smallest absolute Gasteiger partial charge is 0.412 e. The lowest BCUT2D eigenvalue weighted by molar-refractivity contribution is 0.187. The van der Waals surface area contributed by atoms with Gasteiger partial charge in [0.1, 0.15) is 12.4 Å². The maximum atomic E-state index is 11.3. The van der Waals surface area contributed by atoms with Crippen LogP contribution < -0.4 is 15.0 Å². The monoisotopic (exact) mass is 289 g/mol. The maximum Gasteiger partial charge on any atom is 0.412 e. The molecule has 2 aromatic heterocycles. The normalized spacial score (nSPS) is 13.3. The van der Waals surface area contributed by atoms with E-state index >= 15 is 0 Å². The zero-order chi connectivity index (χ0) is 14.7. The maximum absolute atomic E-state index is 11.3. The number of pyridine rings is 1. The zero-order valence-corrected chi connectivity index (χ0v) is 11.5. The first kappa shape index (κ1) is 13.2. The third kappa shape index (κ3) is 2.88. The SMILES string of the molecule is COC(=O)Nc1ccc2c(n1)N(Cc1c[nH]cn1)CCO2. The van der Waals surface area contributed by atoms with E-state index in [0.29, 0.717) is 37.1 Å². The molecule has 3 heterocycles. The van der Waals surface area contributed by atoms with Crippen molar-refractivity contribution < 1.29 is 14.3 Å². The minimum absolute atomic E-state index is 0.415. The number of nitrogens with zero attached hydrogens (tertiary/aromatic N) is 3. The lowest BCUT2D eigenvalue weighted by atomic mass is 10.3. The van der Waals surface area contributed by atoms with Crippen molar-refractivity contribution >= 4 is 17.7 Å². The molecule has 2 N–H and O–H groups in total. The van der Waals surface area contributed by atoms with Gasteiger partial charge in [-0.2, -0.15) is 0 Å². The number of hydrogen-bond acceptors (Lipinski definition) is 6. The molecule has 0 atom stereocenters. The molecule has 0 fully saturated rings. The largest absolute Gasteiger partial charge is 0.488 e. The molecule has 1 amide bonds. The van der Waals surface area contributed by atoms with Gasteiger partial charge in [0.05, 0.1) is 32.2 Å². The van der Waals surface area contributed by atoms with E-state index in [1.807, 2.05) is 6.20 Å². The summed E-state index contributed by atoms with van der Waals surface area (Å²) >= 11 is 0. The summed E-state index contributed by atoms with van der Waals surface area (Å²) in [5, 5.41) is 2.54. The Morgan fingerprint density at radius 2 is 2.48 bits per heavy atom. The van der Waals surface area contributed by atoms with E-state index < -0.39 is 6.09 Å². The molecule has 110 valence electrons. The Hall–Kier alpha value is -2.77.